The molecule has 0 aromatic carbocycles. The molecular formula is C13H26O3S. The van der Waals surface area contributed by atoms with E-state index in [1.54, 1.807) is 0 Å². The second-order valence-corrected chi connectivity index (χ2v) is 7.84. The lowest BCUT2D eigenvalue weighted by Crippen LogP contribution is -2.20. The van der Waals surface area contributed by atoms with Crippen molar-refractivity contribution >= 4 is 10.1 Å². The molecule has 1 atom stereocenters. The molecular weight excluding hydrogens is 236 g/mol. The van der Waals surface area contributed by atoms with Crippen LogP contribution in [0.2, 0.25) is 0 Å². The molecule has 1 aliphatic carbocycles. The van der Waals surface area contributed by atoms with Crippen molar-refractivity contribution in [1.29, 1.82) is 0 Å². The molecule has 0 spiro atoms. The van der Waals surface area contributed by atoms with E-state index in [0.29, 0.717) is 18.3 Å². The van der Waals surface area contributed by atoms with Crippen molar-refractivity contribution in [1.82, 2.24) is 0 Å². The summed E-state index contributed by atoms with van der Waals surface area (Å²) in [6, 6.07) is 0. The lowest BCUT2D eigenvalue weighted by atomic mass is 9.82. The van der Waals surface area contributed by atoms with Gasteiger partial charge < -0.3 is 0 Å². The Bertz CT molecular complexity index is 320. The van der Waals surface area contributed by atoms with Crippen molar-refractivity contribution in [3.63, 3.8) is 0 Å². The molecule has 1 aliphatic rings. The van der Waals surface area contributed by atoms with Crippen LogP contribution in [0.5, 0.6) is 0 Å². The van der Waals surface area contributed by atoms with Gasteiger partial charge in [0, 0.05) is 0 Å². The SMILES string of the molecule is CC1(C)CCCCCC(S(=O)(=O)O)CCCC1. The van der Waals surface area contributed by atoms with Gasteiger partial charge in [-0.15, -0.1) is 0 Å². The Kier molecular flexibility index (Phi) is 5.45. The minimum absolute atomic E-state index is 0.387. The lowest BCUT2D eigenvalue weighted by molar-refractivity contribution is 0.286. The number of hydrogen-bond acceptors (Lipinski definition) is 2. The highest BCUT2D eigenvalue weighted by Crippen LogP contribution is 2.32. The molecule has 17 heavy (non-hydrogen) atoms. The predicted octanol–water partition coefficient (Wildman–Crippen LogP) is 3.79. The third kappa shape index (κ3) is 5.87. The average molecular weight is 262 g/mol. The smallest absolute Gasteiger partial charge is 0.267 e. The first-order chi connectivity index (χ1) is 7.81. The number of hydrogen-bond donors (Lipinski definition) is 1. The van der Waals surface area contributed by atoms with Gasteiger partial charge in [0.1, 0.15) is 0 Å². The molecule has 1 unspecified atom stereocenters. The molecule has 1 N–H and O–H groups in total. The first kappa shape index (κ1) is 15.0. The first-order valence-corrected chi connectivity index (χ1v) is 8.28. The van der Waals surface area contributed by atoms with Crippen LogP contribution < -0.4 is 0 Å². The monoisotopic (exact) mass is 262 g/mol. The zero-order chi connectivity index (χ0) is 12.9. The van der Waals surface area contributed by atoms with Gasteiger partial charge in [0.05, 0.1) is 5.25 Å². The Balaban J connectivity index is 2.56. The standard InChI is InChI=1S/C13H26O3S/c1-13(2)10-6-3-4-8-12(17(14,15)16)9-5-7-11-13/h12H,3-11H2,1-2H3,(H,14,15,16). The van der Waals surface area contributed by atoms with E-state index in [2.05, 4.69) is 13.8 Å². The Morgan fingerprint density at radius 3 is 1.94 bits per heavy atom. The molecule has 0 aromatic heterocycles. The Hall–Kier alpha value is -0.0900. The minimum Gasteiger partial charge on any atom is -0.285 e. The van der Waals surface area contributed by atoms with E-state index in [1.807, 2.05) is 0 Å². The van der Waals surface area contributed by atoms with E-state index >= 15 is 0 Å². The fourth-order valence-electron chi connectivity index (χ4n) is 2.70. The second kappa shape index (κ2) is 6.19. The lowest BCUT2D eigenvalue weighted by Gasteiger charge is -2.24. The quantitative estimate of drug-likeness (QED) is 0.731. The minimum atomic E-state index is -3.83. The summed E-state index contributed by atoms with van der Waals surface area (Å²) in [5.41, 5.74) is 0.387. The predicted molar refractivity (Wildman–Crippen MR) is 70.7 cm³/mol. The van der Waals surface area contributed by atoms with Gasteiger partial charge in [-0.3, -0.25) is 4.55 Å². The Labute approximate surface area is 106 Å². The van der Waals surface area contributed by atoms with Gasteiger partial charge in [-0.1, -0.05) is 46.0 Å². The fraction of sp³-hybridized carbons (Fsp3) is 1.00. The zero-order valence-electron chi connectivity index (χ0n) is 11.1. The highest BCUT2D eigenvalue weighted by Gasteiger charge is 2.24. The second-order valence-electron chi connectivity index (χ2n) is 6.15. The van der Waals surface area contributed by atoms with Gasteiger partial charge >= 0.3 is 0 Å². The van der Waals surface area contributed by atoms with E-state index in [1.165, 1.54) is 12.8 Å². The highest BCUT2D eigenvalue weighted by atomic mass is 32.2. The largest absolute Gasteiger partial charge is 0.285 e. The summed E-state index contributed by atoms with van der Waals surface area (Å²) in [6.07, 6.45) is 8.77. The maximum absolute atomic E-state index is 11.2. The van der Waals surface area contributed by atoms with Crippen molar-refractivity contribution in [3.8, 4) is 0 Å². The Morgan fingerprint density at radius 2 is 1.41 bits per heavy atom. The summed E-state index contributed by atoms with van der Waals surface area (Å²) in [5.74, 6) is 0. The molecule has 0 bridgehead atoms. The summed E-state index contributed by atoms with van der Waals surface area (Å²) >= 11 is 0. The first-order valence-electron chi connectivity index (χ1n) is 6.78. The normalized spacial score (nSPS) is 28.3. The summed E-state index contributed by atoms with van der Waals surface area (Å²) in [6.45, 7) is 4.59. The van der Waals surface area contributed by atoms with E-state index in [0.717, 1.165) is 32.1 Å². The summed E-state index contributed by atoms with van der Waals surface area (Å²) in [5, 5.41) is -0.524. The average Bonchev–Trinajstić information content (AvgIpc) is 2.21. The molecule has 1 rings (SSSR count). The number of rotatable bonds is 1. The van der Waals surface area contributed by atoms with E-state index < -0.39 is 15.4 Å². The Morgan fingerprint density at radius 1 is 0.941 bits per heavy atom. The molecule has 0 aliphatic heterocycles. The van der Waals surface area contributed by atoms with Gasteiger partial charge in [0.25, 0.3) is 10.1 Å². The highest BCUT2D eigenvalue weighted by molar-refractivity contribution is 7.86. The topological polar surface area (TPSA) is 54.4 Å². The molecule has 1 fully saturated rings. The van der Waals surface area contributed by atoms with Crippen LogP contribution in [0.15, 0.2) is 0 Å². The van der Waals surface area contributed by atoms with Crippen molar-refractivity contribution in [2.24, 2.45) is 5.41 Å². The van der Waals surface area contributed by atoms with Crippen LogP contribution in [0.4, 0.5) is 0 Å². The molecule has 0 saturated heterocycles. The van der Waals surface area contributed by atoms with Crippen molar-refractivity contribution in [2.45, 2.75) is 76.9 Å². The van der Waals surface area contributed by atoms with Crippen LogP contribution in [-0.4, -0.2) is 18.2 Å². The van der Waals surface area contributed by atoms with Gasteiger partial charge in [0.15, 0.2) is 0 Å². The van der Waals surface area contributed by atoms with Gasteiger partial charge in [-0.2, -0.15) is 8.42 Å². The summed E-state index contributed by atoms with van der Waals surface area (Å²) < 4.78 is 31.6. The van der Waals surface area contributed by atoms with Crippen LogP contribution in [-0.2, 0) is 10.1 Å². The van der Waals surface area contributed by atoms with Gasteiger partial charge in [-0.05, 0) is 31.1 Å². The van der Waals surface area contributed by atoms with E-state index in [-0.39, 0.29) is 0 Å². The molecule has 0 heterocycles. The van der Waals surface area contributed by atoms with Crippen LogP contribution in [0.25, 0.3) is 0 Å². The fourth-order valence-corrected chi connectivity index (χ4v) is 3.62. The van der Waals surface area contributed by atoms with Gasteiger partial charge in [-0.25, -0.2) is 0 Å². The zero-order valence-corrected chi connectivity index (χ0v) is 11.9. The summed E-state index contributed by atoms with van der Waals surface area (Å²) in [7, 11) is -3.83. The van der Waals surface area contributed by atoms with Crippen molar-refractivity contribution in [2.75, 3.05) is 0 Å². The maximum atomic E-state index is 11.2. The van der Waals surface area contributed by atoms with Crippen LogP contribution in [0.3, 0.4) is 0 Å². The van der Waals surface area contributed by atoms with Crippen molar-refractivity contribution in [3.05, 3.63) is 0 Å². The molecule has 102 valence electrons. The van der Waals surface area contributed by atoms with E-state index in [9.17, 15) is 8.42 Å². The van der Waals surface area contributed by atoms with Crippen LogP contribution in [0.1, 0.15) is 71.6 Å². The summed E-state index contributed by atoms with van der Waals surface area (Å²) in [4.78, 5) is 0. The van der Waals surface area contributed by atoms with Crippen LogP contribution in [0, 0.1) is 5.41 Å². The molecule has 0 radical (unpaired) electrons. The van der Waals surface area contributed by atoms with E-state index in [4.69, 9.17) is 4.55 Å². The van der Waals surface area contributed by atoms with Gasteiger partial charge in [0.2, 0.25) is 0 Å². The molecule has 3 nitrogen and oxygen atoms in total. The molecule has 1 saturated carbocycles. The molecule has 0 aromatic rings. The maximum Gasteiger partial charge on any atom is 0.267 e. The third-order valence-corrected chi connectivity index (χ3v) is 5.24. The molecule has 0 amide bonds. The van der Waals surface area contributed by atoms with Crippen molar-refractivity contribution < 1.29 is 13.0 Å². The molecule has 4 heteroatoms. The third-order valence-electron chi connectivity index (χ3n) is 3.93. The van der Waals surface area contributed by atoms with Crippen LogP contribution >= 0.6 is 0 Å².